The van der Waals surface area contributed by atoms with Crippen molar-refractivity contribution < 1.29 is 9.84 Å². The van der Waals surface area contributed by atoms with Crippen LogP contribution >= 0.6 is 11.8 Å². The van der Waals surface area contributed by atoms with Crippen LogP contribution in [0.2, 0.25) is 0 Å². The van der Waals surface area contributed by atoms with Crippen molar-refractivity contribution >= 4 is 11.8 Å². The van der Waals surface area contributed by atoms with Crippen molar-refractivity contribution in [2.75, 3.05) is 7.11 Å². The average Bonchev–Trinajstić information content (AvgIpc) is 3.08. The molecular formula is C21H24N2O2S. The van der Waals surface area contributed by atoms with Gasteiger partial charge in [0, 0.05) is 12.3 Å². The van der Waals surface area contributed by atoms with Crippen LogP contribution in [0.5, 0.6) is 5.75 Å². The molecule has 0 unspecified atom stereocenters. The van der Waals surface area contributed by atoms with Crippen molar-refractivity contribution in [1.29, 1.82) is 0 Å². The molecule has 4 nitrogen and oxygen atoms in total. The van der Waals surface area contributed by atoms with E-state index < -0.39 is 0 Å². The summed E-state index contributed by atoms with van der Waals surface area (Å²) in [6.07, 6.45) is 2.65. The molecule has 26 heavy (non-hydrogen) atoms. The highest BCUT2D eigenvalue weighted by atomic mass is 32.2. The summed E-state index contributed by atoms with van der Waals surface area (Å²) in [7, 11) is 1.67. The standard InChI is InChI=1S/C21H24N2O2S/c1-16-3-5-18(6-4-16)15-26-21-22-13-19(14-24)23(21)12-11-17-7-9-20(25-2)10-8-17/h3-10,13,24H,11-12,14-15H2,1-2H3. The van der Waals surface area contributed by atoms with Gasteiger partial charge < -0.3 is 14.4 Å². The number of aliphatic hydroxyl groups excluding tert-OH is 1. The zero-order valence-electron chi connectivity index (χ0n) is 15.2. The van der Waals surface area contributed by atoms with E-state index in [-0.39, 0.29) is 6.61 Å². The Labute approximate surface area is 158 Å². The summed E-state index contributed by atoms with van der Waals surface area (Å²) < 4.78 is 7.32. The van der Waals surface area contributed by atoms with Gasteiger partial charge in [-0.3, -0.25) is 0 Å². The molecule has 0 atom stereocenters. The number of hydrogen-bond acceptors (Lipinski definition) is 4. The number of methoxy groups -OCH3 is 1. The van der Waals surface area contributed by atoms with Crippen molar-refractivity contribution in [3.8, 4) is 5.75 Å². The van der Waals surface area contributed by atoms with Crippen molar-refractivity contribution in [3.63, 3.8) is 0 Å². The molecule has 0 saturated carbocycles. The first-order valence-corrected chi connectivity index (χ1v) is 9.64. The van der Waals surface area contributed by atoms with Crippen molar-refractivity contribution in [3.05, 3.63) is 77.1 Å². The number of rotatable bonds is 8. The van der Waals surface area contributed by atoms with Crippen molar-refractivity contribution in [2.24, 2.45) is 0 Å². The molecule has 3 aromatic rings. The number of nitrogens with zero attached hydrogens (tertiary/aromatic N) is 2. The lowest BCUT2D eigenvalue weighted by Gasteiger charge is -2.11. The minimum atomic E-state index is 0.000699. The summed E-state index contributed by atoms with van der Waals surface area (Å²) in [5.41, 5.74) is 4.63. The summed E-state index contributed by atoms with van der Waals surface area (Å²) in [5, 5.41) is 10.6. The number of imidazole rings is 1. The van der Waals surface area contributed by atoms with E-state index in [0.717, 1.165) is 35.3 Å². The maximum absolute atomic E-state index is 9.63. The summed E-state index contributed by atoms with van der Waals surface area (Å²) in [5.74, 6) is 1.73. The van der Waals surface area contributed by atoms with Gasteiger partial charge in [0.05, 0.1) is 25.6 Å². The first-order valence-electron chi connectivity index (χ1n) is 8.66. The molecular weight excluding hydrogens is 344 g/mol. The predicted molar refractivity (Wildman–Crippen MR) is 106 cm³/mol. The van der Waals surface area contributed by atoms with Gasteiger partial charge in [-0.25, -0.2) is 4.98 Å². The Morgan fingerprint density at radius 1 is 1.04 bits per heavy atom. The van der Waals surface area contributed by atoms with Gasteiger partial charge in [-0.05, 0) is 36.6 Å². The van der Waals surface area contributed by atoms with E-state index in [0.29, 0.717) is 0 Å². The van der Waals surface area contributed by atoms with Gasteiger partial charge in [0.25, 0.3) is 0 Å². The lowest BCUT2D eigenvalue weighted by atomic mass is 10.1. The van der Waals surface area contributed by atoms with Crippen LogP contribution < -0.4 is 4.74 Å². The van der Waals surface area contributed by atoms with Gasteiger partial charge >= 0.3 is 0 Å². The third-order valence-electron chi connectivity index (χ3n) is 4.34. The van der Waals surface area contributed by atoms with Crippen LogP contribution in [0.3, 0.4) is 0 Å². The van der Waals surface area contributed by atoms with Crippen LogP contribution in [-0.4, -0.2) is 21.8 Å². The highest BCUT2D eigenvalue weighted by Gasteiger charge is 2.10. The van der Waals surface area contributed by atoms with E-state index in [4.69, 9.17) is 4.74 Å². The molecule has 2 aromatic carbocycles. The summed E-state index contributed by atoms with van der Waals surface area (Å²) in [4.78, 5) is 4.51. The Kier molecular flexibility index (Phi) is 6.36. The van der Waals surface area contributed by atoms with Gasteiger partial charge in [-0.2, -0.15) is 0 Å². The maximum atomic E-state index is 9.63. The second kappa shape index (κ2) is 8.92. The number of aromatic nitrogens is 2. The fourth-order valence-corrected chi connectivity index (χ4v) is 3.72. The minimum absolute atomic E-state index is 0.000699. The second-order valence-electron chi connectivity index (χ2n) is 6.21. The monoisotopic (exact) mass is 368 g/mol. The summed E-state index contributed by atoms with van der Waals surface area (Å²) in [6, 6.07) is 16.7. The highest BCUT2D eigenvalue weighted by Crippen LogP contribution is 2.24. The Balaban J connectivity index is 1.67. The largest absolute Gasteiger partial charge is 0.497 e. The Morgan fingerprint density at radius 3 is 2.38 bits per heavy atom. The Bertz CT molecular complexity index is 826. The normalized spacial score (nSPS) is 10.9. The van der Waals surface area contributed by atoms with E-state index >= 15 is 0 Å². The van der Waals surface area contributed by atoms with Crippen LogP contribution in [0.25, 0.3) is 0 Å². The average molecular weight is 369 g/mol. The number of aliphatic hydroxyl groups is 1. The molecule has 0 amide bonds. The van der Waals surface area contributed by atoms with Crippen LogP contribution in [-0.2, 0) is 25.3 Å². The molecule has 0 aliphatic carbocycles. The lowest BCUT2D eigenvalue weighted by molar-refractivity contribution is 0.269. The van der Waals surface area contributed by atoms with E-state index in [2.05, 4.69) is 52.9 Å². The van der Waals surface area contributed by atoms with Crippen molar-refractivity contribution in [1.82, 2.24) is 9.55 Å². The van der Waals surface area contributed by atoms with E-state index in [1.165, 1.54) is 16.7 Å². The second-order valence-corrected chi connectivity index (χ2v) is 7.16. The molecule has 0 saturated heterocycles. The third-order valence-corrected chi connectivity index (χ3v) is 5.40. The number of hydrogen-bond donors (Lipinski definition) is 1. The minimum Gasteiger partial charge on any atom is -0.497 e. The Hall–Kier alpha value is -2.24. The SMILES string of the molecule is COc1ccc(CCn2c(CO)cnc2SCc2ccc(C)cc2)cc1. The van der Waals surface area contributed by atoms with Gasteiger partial charge in [0.15, 0.2) is 5.16 Å². The number of thioether (sulfide) groups is 1. The van der Waals surface area contributed by atoms with Gasteiger partial charge in [-0.1, -0.05) is 53.7 Å². The Morgan fingerprint density at radius 2 is 1.73 bits per heavy atom. The molecule has 0 aliphatic rings. The number of ether oxygens (including phenoxy) is 1. The fourth-order valence-electron chi connectivity index (χ4n) is 2.74. The molecule has 3 rings (SSSR count). The lowest BCUT2D eigenvalue weighted by Crippen LogP contribution is -2.07. The number of benzene rings is 2. The van der Waals surface area contributed by atoms with E-state index in [1.807, 2.05) is 12.1 Å². The van der Waals surface area contributed by atoms with Crippen LogP contribution in [0.4, 0.5) is 0 Å². The van der Waals surface area contributed by atoms with Gasteiger partial charge in [0.1, 0.15) is 5.75 Å². The molecule has 1 aromatic heterocycles. The molecule has 0 bridgehead atoms. The molecule has 0 aliphatic heterocycles. The zero-order chi connectivity index (χ0) is 18.4. The van der Waals surface area contributed by atoms with Crippen LogP contribution in [0.15, 0.2) is 59.9 Å². The topological polar surface area (TPSA) is 47.3 Å². The fraction of sp³-hybridized carbons (Fsp3) is 0.286. The van der Waals surface area contributed by atoms with Gasteiger partial charge in [-0.15, -0.1) is 0 Å². The number of aryl methyl sites for hydroxylation is 2. The van der Waals surface area contributed by atoms with Crippen molar-refractivity contribution in [2.45, 2.75) is 37.4 Å². The van der Waals surface area contributed by atoms with E-state index in [1.54, 1.807) is 25.1 Å². The first-order chi connectivity index (χ1) is 12.7. The molecule has 0 fully saturated rings. The highest BCUT2D eigenvalue weighted by molar-refractivity contribution is 7.98. The van der Waals surface area contributed by atoms with Crippen LogP contribution in [0.1, 0.15) is 22.4 Å². The zero-order valence-corrected chi connectivity index (χ0v) is 16.0. The van der Waals surface area contributed by atoms with Crippen LogP contribution in [0, 0.1) is 6.92 Å². The predicted octanol–water partition coefficient (Wildman–Crippen LogP) is 4.23. The van der Waals surface area contributed by atoms with E-state index in [9.17, 15) is 5.11 Å². The molecule has 1 heterocycles. The molecule has 0 radical (unpaired) electrons. The summed E-state index contributed by atoms with van der Waals surface area (Å²) >= 11 is 1.70. The molecule has 0 spiro atoms. The quantitative estimate of drug-likeness (QED) is 0.605. The van der Waals surface area contributed by atoms with Gasteiger partial charge in [0.2, 0.25) is 0 Å². The first kappa shape index (κ1) is 18.5. The molecule has 5 heteroatoms. The maximum Gasteiger partial charge on any atom is 0.168 e. The third kappa shape index (κ3) is 4.68. The molecule has 136 valence electrons. The molecule has 1 N–H and O–H groups in total. The summed E-state index contributed by atoms with van der Waals surface area (Å²) in [6.45, 7) is 2.88. The smallest absolute Gasteiger partial charge is 0.168 e.